The molecule has 136 valence electrons. The monoisotopic (exact) mass is 428 g/mol. The molecular weight excluding hydrogens is 396 g/mol. The van der Waals surface area contributed by atoms with Gasteiger partial charge in [-0.3, -0.25) is 0 Å². The van der Waals surface area contributed by atoms with Gasteiger partial charge in [-0.15, -0.1) is 22.7 Å². The molecule has 0 aromatic carbocycles. The summed E-state index contributed by atoms with van der Waals surface area (Å²) < 4.78 is 4.25. The first kappa shape index (κ1) is 20.5. The van der Waals surface area contributed by atoms with E-state index in [9.17, 15) is 0 Å². The lowest BCUT2D eigenvalue weighted by Crippen LogP contribution is -1.85. The molecule has 0 spiro atoms. The zero-order valence-electron chi connectivity index (χ0n) is 15.2. The highest BCUT2D eigenvalue weighted by Gasteiger charge is 2.08. The number of rotatable bonds is 14. The fraction of sp³-hybridized carbons (Fsp3) is 0.714. The summed E-state index contributed by atoms with van der Waals surface area (Å²) in [5.74, 6) is 0. The van der Waals surface area contributed by atoms with Gasteiger partial charge in [-0.05, 0) is 39.7 Å². The van der Waals surface area contributed by atoms with Crippen LogP contribution in [0.2, 0.25) is 0 Å². The van der Waals surface area contributed by atoms with Gasteiger partial charge in [0.1, 0.15) is 0 Å². The minimum Gasteiger partial charge on any atom is -0.141 e. The third-order valence-corrected chi connectivity index (χ3v) is 8.30. The van der Waals surface area contributed by atoms with Crippen molar-refractivity contribution >= 4 is 48.0 Å². The van der Waals surface area contributed by atoms with Crippen molar-refractivity contribution in [3.8, 4) is 0 Å². The van der Waals surface area contributed by atoms with E-state index in [4.69, 9.17) is 0 Å². The van der Waals surface area contributed by atoms with Crippen molar-refractivity contribution in [2.24, 2.45) is 0 Å². The predicted octanol–water partition coefficient (Wildman–Crippen LogP) is 9.36. The average molecular weight is 430 g/mol. The second-order valence-electron chi connectivity index (χ2n) is 7.00. The summed E-state index contributed by atoms with van der Waals surface area (Å²) in [5, 5.41) is 4.60. The van der Waals surface area contributed by atoms with Gasteiger partial charge in [0.05, 0.1) is 4.70 Å². The molecule has 24 heavy (non-hydrogen) atoms. The van der Waals surface area contributed by atoms with E-state index in [2.05, 4.69) is 33.6 Å². The Bertz CT molecular complexity index is 555. The second kappa shape index (κ2) is 12.5. The maximum Gasteiger partial charge on any atom is 0.0595 e. The Balaban J connectivity index is 1.41. The molecular formula is C21H33BrS2. The maximum atomic E-state index is 3.64. The van der Waals surface area contributed by atoms with Crippen LogP contribution in [0, 0.1) is 0 Å². The van der Waals surface area contributed by atoms with E-state index in [-0.39, 0.29) is 0 Å². The number of unbranched alkanes of at least 4 members (excludes halogenated alkanes) is 12. The van der Waals surface area contributed by atoms with Crippen molar-refractivity contribution in [3.05, 3.63) is 20.8 Å². The number of hydrogen-bond acceptors (Lipinski definition) is 2. The summed E-state index contributed by atoms with van der Waals surface area (Å²) in [6, 6.07) is 0. The Morgan fingerprint density at radius 1 is 0.667 bits per heavy atom. The highest BCUT2D eigenvalue weighted by atomic mass is 79.9. The quantitative estimate of drug-likeness (QED) is 0.262. The zero-order valence-corrected chi connectivity index (χ0v) is 18.5. The largest absolute Gasteiger partial charge is 0.141 e. The Kier molecular flexibility index (Phi) is 10.6. The molecule has 2 heterocycles. The summed E-state index contributed by atoms with van der Waals surface area (Å²) in [5.41, 5.74) is 1.58. The van der Waals surface area contributed by atoms with E-state index in [1.807, 2.05) is 22.7 Å². The van der Waals surface area contributed by atoms with Crippen LogP contribution >= 0.6 is 38.6 Å². The normalized spacial score (nSPS) is 11.6. The van der Waals surface area contributed by atoms with Gasteiger partial charge in [-0.1, -0.05) is 84.0 Å². The summed E-state index contributed by atoms with van der Waals surface area (Å²) in [6.45, 7) is 2.29. The molecule has 2 aromatic heterocycles. The highest BCUT2D eigenvalue weighted by Crippen LogP contribution is 2.38. The lowest BCUT2D eigenvalue weighted by atomic mass is 10.0. The summed E-state index contributed by atoms with van der Waals surface area (Å²) in [7, 11) is 0. The van der Waals surface area contributed by atoms with Crippen LogP contribution in [0.1, 0.15) is 96.0 Å². The number of fused-ring (bicyclic) bond motifs is 1. The van der Waals surface area contributed by atoms with Crippen LogP contribution in [0.25, 0.3) is 9.40 Å². The molecule has 0 aliphatic heterocycles. The van der Waals surface area contributed by atoms with Crippen molar-refractivity contribution in [1.29, 1.82) is 0 Å². The topological polar surface area (TPSA) is 0 Å². The lowest BCUT2D eigenvalue weighted by Gasteiger charge is -2.03. The van der Waals surface area contributed by atoms with Gasteiger partial charge in [0.15, 0.2) is 0 Å². The molecule has 0 saturated heterocycles. The number of thiophene rings is 2. The van der Waals surface area contributed by atoms with Gasteiger partial charge in [0.2, 0.25) is 0 Å². The Morgan fingerprint density at radius 2 is 1.17 bits per heavy atom. The molecule has 0 unspecified atom stereocenters. The molecule has 0 N–H and O–H groups in total. The molecule has 0 bridgehead atoms. The molecule has 0 radical (unpaired) electrons. The Hall–Kier alpha value is 0.140. The van der Waals surface area contributed by atoms with Crippen LogP contribution in [-0.2, 0) is 6.42 Å². The van der Waals surface area contributed by atoms with Gasteiger partial charge in [-0.2, -0.15) is 0 Å². The van der Waals surface area contributed by atoms with Crippen molar-refractivity contribution < 1.29 is 0 Å². The van der Waals surface area contributed by atoms with E-state index < -0.39 is 0 Å². The van der Waals surface area contributed by atoms with Crippen LogP contribution < -0.4 is 0 Å². The minimum absolute atomic E-state index is 1.27. The van der Waals surface area contributed by atoms with Crippen LogP contribution in [0.3, 0.4) is 0 Å². The van der Waals surface area contributed by atoms with Gasteiger partial charge in [0.25, 0.3) is 0 Å². The smallest absolute Gasteiger partial charge is 0.0595 e. The lowest BCUT2D eigenvalue weighted by molar-refractivity contribution is 0.539. The van der Waals surface area contributed by atoms with Crippen LogP contribution in [0.15, 0.2) is 15.2 Å². The first-order valence-electron chi connectivity index (χ1n) is 9.96. The summed E-state index contributed by atoms with van der Waals surface area (Å²) in [4.78, 5) is 0. The molecule has 0 amide bonds. The fourth-order valence-electron chi connectivity index (χ4n) is 3.35. The summed E-state index contributed by atoms with van der Waals surface area (Å²) in [6.07, 6.45) is 19.9. The van der Waals surface area contributed by atoms with E-state index in [1.54, 1.807) is 5.56 Å². The van der Waals surface area contributed by atoms with Crippen LogP contribution in [0.5, 0.6) is 0 Å². The van der Waals surface area contributed by atoms with Crippen LogP contribution in [-0.4, -0.2) is 0 Å². The van der Waals surface area contributed by atoms with Crippen molar-refractivity contribution in [1.82, 2.24) is 0 Å². The van der Waals surface area contributed by atoms with Gasteiger partial charge in [-0.25, -0.2) is 0 Å². The SMILES string of the molecule is CCCCCCCCCCCCCCCc1csc2c(Br)csc12. The second-order valence-corrected chi connectivity index (χ2v) is 9.61. The first-order chi connectivity index (χ1) is 11.8. The van der Waals surface area contributed by atoms with E-state index in [1.165, 1.54) is 104 Å². The maximum absolute atomic E-state index is 3.64. The third kappa shape index (κ3) is 7.17. The van der Waals surface area contributed by atoms with E-state index >= 15 is 0 Å². The van der Waals surface area contributed by atoms with Crippen LogP contribution in [0.4, 0.5) is 0 Å². The molecule has 2 rings (SSSR count). The molecule has 0 nitrogen and oxygen atoms in total. The van der Waals surface area contributed by atoms with E-state index in [0.29, 0.717) is 0 Å². The molecule has 3 heteroatoms. The average Bonchev–Trinajstić information content (AvgIpc) is 3.15. The van der Waals surface area contributed by atoms with Crippen molar-refractivity contribution in [2.75, 3.05) is 0 Å². The summed E-state index contributed by atoms with van der Waals surface area (Å²) >= 11 is 7.44. The highest BCUT2D eigenvalue weighted by molar-refractivity contribution is 9.10. The van der Waals surface area contributed by atoms with E-state index in [0.717, 1.165) is 0 Å². The fourth-order valence-corrected chi connectivity index (χ4v) is 6.45. The number of hydrogen-bond donors (Lipinski definition) is 0. The number of halogens is 1. The molecule has 0 fully saturated rings. The first-order valence-corrected chi connectivity index (χ1v) is 12.5. The van der Waals surface area contributed by atoms with Gasteiger partial charge < -0.3 is 0 Å². The predicted molar refractivity (Wildman–Crippen MR) is 117 cm³/mol. The number of aryl methyl sites for hydroxylation is 1. The minimum atomic E-state index is 1.27. The molecule has 0 atom stereocenters. The molecule has 2 aromatic rings. The zero-order chi connectivity index (χ0) is 17.0. The molecule has 0 saturated carbocycles. The molecule has 0 aliphatic carbocycles. The van der Waals surface area contributed by atoms with Gasteiger partial charge in [0, 0.05) is 14.6 Å². The van der Waals surface area contributed by atoms with Crippen molar-refractivity contribution in [2.45, 2.75) is 96.8 Å². The van der Waals surface area contributed by atoms with Gasteiger partial charge >= 0.3 is 0 Å². The standard InChI is InChI=1S/C21H33BrS2/c1-2-3-4-5-6-7-8-9-10-11-12-13-14-15-18-16-23-21-19(22)17-24-20(18)21/h16-17H,2-15H2,1H3. The Labute approximate surface area is 165 Å². The third-order valence-electron chi connectivity index (χ3n) is 4.86. The Morgan fingerprint density at radius 3 is 1.75 bits per heavy atom. The molecule has 0 aliphatic rings. The van der Waals surface area contributed by atoms with Crippen molar-refractivity contribution in [3.63, 3.8) is 0 Å².